The summed E-state index contributed by atoms with van der Waals surface area (Å²) < 4.78 is 2.73. The summed E-state index contributed by atoms with van der Waals surface area (Å²) in [5.41, 5.74) is -0.267. The van der Waals surface area contributed by atoms with E-state index in [-0.39, 0.29) is 23.1 Å². The summed E-state index contributed by atoms with van der Waals surface area (Å²) in [4.78, 5) is 40.1. The molecule has 3 heterocycles. The van der Waals surface area contributed by atoms with Gasteiger partial charge in [-0.2, -0.15) is 0 Å². The van der Waals surface area contributed by atoms with Crippen molar-refractivity contribution in [3.8, 4) is 0 Å². The van der Waals surface area contributed by atoms with Gasteiger partial charge in [-0.3, -0.25) is 18.7 Å². The standard InChI is InChI=1S/C16H21N3O3S/c1-10(2)8-19-15-12(14(21)17(3)16(19)22)11(9-23-15)13(20)18-6-4-5-7-18/h9-10H,4-8H2,1-3H3. The van der Waals surface area contributed by atoms with Crippen LogP contribution in [0.25, 0.3) is 10.2 Å². The molecule has 1 fully saturated rings. The fourth-order valence-electron chi connectivity index (χ4n) is 3.05. The van der Waals surface area contributed by atoms with Crippen LogP contribution in [0.1, 0.15) is 37.0 Å². The summed E-state index contributed by atoms with van der Waals surface area (Å²) in [7, 11) is 1.47. The fraction of sp³-hybridized carbons (Fsp3) is 0.562. The van der Waals surface area contributed by atoms with Crippen molar-refractivity contribution in [2.45, 2.75) is 33.2 Å². The van der Waals surface area contributed by atoms with Crippen molar-refractivity contribution in [3.05, 3.63) is 31.8 Å². The number of hydrogen-bond acceptors (Lipinski definition) is 4. The fourth-order valence-corrected chi connectivity index (χ4v) is 4.09. The van der Waals surface area contributed by atoms with Crippen molar-refractivity contribution >= 4 is 27.5 Å². The number of aromatic nitrogens is 2. The Balaban J connectivity index is 2.23. The van der Waals surface area contributed by atoms with E-state index in [0.29, 0.717) is 22.3 Å². The Hall–Kier alpha value is -1.89. The van der Waals surface area contributed by atoms with Gasteiger partial charge in [0.25, 0.3) is 11.5 Å². The largest absolute Gasteiger partial charge is 0.339 e. The van der Waals surface area contributed by atoms with E-state index < -0.39 is 0 Å². The quantitative estimate of drug-likeness (QED) is 0.857. The number of fused-ring (bicyclic) bond motifs is 1. The maximum absolute atomic E-state index is 12.7. The zero-order valence-electron chi connectivity index (χ0n) is 13.7. The number of nitrogens with zero attached hydrogens (tertiary/aromatic N) is 3. The van der Waals surface area contributed by atoms with E-state index in [2.05, 4.69) is 0 Å². The van der Waals surface area contributed by atoms with Crippen LogP contribution in [0, 0.1) is 5.92 Å². The molecule has 6 nitrogen and oxygen atoms in total. The molecule has 2 aromatic rings. The first-order valence-electron chi connectivity index (χ1n) is 7.92. The summed E-state index contributed by atoms with van der Waals surface area (Å²) in [5.74, 6) is 0.175. The molecule has 0 aromatic carbocycles. The molecule has 0 bridgehead atoms. The van der Waals surface area contributed by atoms with Crippen LogP contribution in [0.2, 0.25) is 0 Å². The summed E-state index contributed by atoms with van der Waals surface area (Å²) in [5, 5.41) is 2.11. The van der Waals surface area contributed by atoms with Crippen LogP contribution in [-0.4, -0.2) is 33.0 Å². The topological polar surface area (TPSA) is 64.3 Å². The van der Waals surface area contributed by atoms with Crippen LogP contribution in [0.3, 0.4) is 0 Å². The van der Waals surface area contributed by atoms with Crippen molar-refractivity contribution in [2.24, 2.45) is 13.0 Å². The number of carbonyl (C=O) groups is 1. The van der Waals surface area contributed by atoms with E-state index >= 15 is 0 Å². The van der Waals surface area contributed by atoms with Crippen molar-refractivity contribution in [1.82, 2.24) is 14.0 Å². The van der Waals surface area contributed by atoms with Gasteiger partial charge in [-0.05, 0) is 18.8 Å². The number of rotatable bonds is 3. The molecule has 0 saturated carbocycles. The molecule has 0 N–H and O–H groups in total. The monoisotopic (exact) mass is 335 g/mol. The highest BCUT2D eigenvalue weighted by Gasteiger charge is 2.25. The molecule has 2 aromatic heterocycles. The molecule has 0 unspecified atom stereocenters. The minimum Gasteiger partial charge on any atom is -0.339 e. The molecule has 1 aliphatic heterocycles. The zero-order chi connectivity index (χ0) is 16.7. The van der Waals surface area contributed by atoms with Crippen LogP contribution in [-0.2, 0) is 13.6 Å². The number of amides is 1. The minimum atomic E-state index is -0.381. The van der Waals surface area contributed by atoms with Crippen molar-refractivity contribution < 1.29 is 4.79 Å². The molecule has 0 radical (unpaired) electrons. The van der Waals surface area contributed by atoms with Gasteiger partial charge < -0.3 is 4.90 Å². The lowest BCUT2D eigenvalue weighted by Gasteiger charge is -2.15. The van der Waals surface area contributed by atoms with Gasteiger partial charge in [0.05, 0.1) is 10.9 Å². The number of likely N-dealkylation sites (tertiary alicyclic amines) is 1. The number of hydrogen-bond donors (Lipinski definition) is 0. The second-order valence-corrected chi connectivity index (χ2v) is 7.34. The van der Waals surface area contributed by atoms with E-state index in [1.54, 1.807) is 14.8 Å². The van der Waals surface area contributed by atoms with E-state index in [1.165, 1.54) is 18.4 Å². The molecule has 3 rings (SSSR count). The normalized spacial score (nSPS) is 15.0. The van der Waals surface area contributed by atoms with Gasteiger partial charge in [-0.1, -0.05) is 13.8 Å². The van der Waals surface area contributed by atoms with E-state index in [0.717, 1.165) is 30.5 Å². The Bertz CT molecular complexity index is 869. The second-order valence-electron chi connectivity index (χ2n) is 6.48. The molecule has 124 valence electrons. The molecule has 1 amide bonds. The van der Waals surface area contributed by atoms with Gasteiger partial charge >= 0.3 is 5.69 Å². The Morgan fingerprint density at radius 3 is 2.52 bits per heavy atom. The summed E-state index contributed by atoms with van der Waals surface area (Å²) in [6.45, 7) is 6.05. The first-order chi connectivity index (χ1) is 10.9. The summed E-state index contributed by atoms with van der Waals surface area (Å²) in [6.07, 6.45) is 2.01. The Labute approximate surface area is 138 Å². The molecule has 23 heavy (non-hydrogen) atoms. The maximum atomic E-state index is 12.7. The molecule has 0 aliphatic carbocycles. The van der Waals surface area contributed by atoms with Crippen molar-refractivity contribution in [3.63, 3.8) is 0 Å². The van der Waals surface area contributed by atoms with Gasteiger partial charge in [0.1, 0.15) is 4.83 Å². The highest BCUT2D eigenvalue weighted by atomic mass is 32.1. The van der Waals surface area contributed by atoms with Crippen molar-refractivity contribution in [1.29, 1.82) is 0 Å². The SMILES string of the molecule is CC(C)Cn1c(=O)n(C)c(=O)c2c(C(=O)N3CCCC3)csc21. The predicted octanol–water partition coefficient (Wildman–Crippen LogP) is 1.65. The minimum absolute atomic E-state index is 0.0967. The Morgan fingerprint density at radius 1 is 1.26 bits per heavy atom. The average Bonchev–Trinajstić information content (AvgIpc) is 3.17. The van der Waals surface area contributed by atoms with Crippen molar-refractivity contribution in [2.75, 3.05) is 13.1 Å². The van der Waals surface area contributed by atoms with Gasteiger partial charge in [0.15, 0.2) is 0 Å². The maximum Gasteiger partial charge on any atom is 0.331 e. The third-order valence-electron chi connectivity index (χ3n) is 4.22. The Kier molecular flexibility index (Phi) is 4.14. The third-order valence-corrected chi connectivity index (χ3v) is 5.23. The summed E-state index contributed by atoms with van der Waals surface area (Å²) >= 11 is 1.31. The van der Waals surface area contributed by atoms with Crippen LogP contribution >= 0.6 is 11.3 Å². The van der Waals surface area contributed by atoms with Crippen LogP contribution in [0.4, 0.5) is 0 Å². The lowest BCUT2D eigenvalue weighted by atomic mass is 10.2. The lowest BCUT2D eigenvalue weighted by molar-refractivity contribution is 0.0795. The first kappa shape index (κ1) is 16.0. The van der Waals surface area contributed by atoms with Gasteiger partial charge in [-0.15, -0.1) is 11.3 Å². The van der Waals surface area contributed by atoms with Crippen LogP contribution in [0.15, 0.2) is 15.0 Å². The van der Waals surface area contributed by atoms with Crippen LogP contribution in [0.5, 0.6) is 0 Å². The smallest absolute Gasteiger partial charge is 0.331 e. The van der Waals surface area contributed by atoms with E-state index in [1.807, 2.05) is 13.8 Å². The second kappa shape index (κ2) is 5.96. The highest BCUT2D eigenvalue weighted by Crippen LogP contribution is 2.25. The third kappa shape index (κ3) is 2.63. The Morgan fingerprint density at radius 2 is 1.91 bits per heavy atom. The average molecular weight is 335 g/mol. The van der Waals surface area contributed by atoms with E-state index in [4.69, 9.17) is 0 Å². The lowest BCUT2D eigenvalue weighted by Crippen LogP contribution is -2.39. The van der Waals surface area contributed by atoms with Gasteiger partial charge in [0.2, 0.25) is 0 Å². The van der Waals surface area contributed by atoms with Gasteiger partial charge in [-0.25, -0.2) is 4.79 Å². The number of carbonyl (C=O) groups excluding carboxylic acids is 1. The number of thiophene rings is 1. The van der Waals surface area contributed by atoms with Crippen LogP contribution < -0.4 is 11.2 Å². The molecule has 1 saturated heterocycles. The predicted molar refractivity (Wildman–Crippen MR) is 91.3 cm³/mol. The highest BCUT2D eigenvalue weighted by molar-refractivity contribution is 7.17. The first-order valence-corrected chi connectivity index (χ1v) is 8.80. The molecule has 7 heteroatoms. The molecule has 0 spiro atoms. The molecular formula is C16H21N3O3S. The summed E-state index contributed by atoms with van der Waals surface area (Å²) in [6, 6.07) is 0. The molecular weight excluding hydrogens is 314 g/mol. The zero-order valence-corrected chi connectivity index (χ0v) is 14.5. The van der Waals surface area contributed by atoms with Gasteiger partial charge in [0, 0.05) is 32.1 Å². The molecule has 0 atom stereocenters. The molecule has 1 aliphatic rings. The van der Waals surface area contributed by atoms with E-state index in [9.17, 15) is 14.4 Å².